The highest BCUT2D eigenvalue weighted by molar-refractivity contribution is 6.28. The van der Waals surface area contributed by atoms with E-state index in [0.29, 0.717) is 54.3 Å². The Morgan fingerprint density at radius 3 is 2.21 bits per heavy atom. The molecule has 3 aromatic rings. The minimum Gasteiger partial charge on any atom is -0.335 e. The predicted molar refractivity (Wildman–Crippen MR) is 123 cm³/mol. The van der Waals surface area contributed by atoms with Crippen LogP contribution in [0.1, 0.15) is 42.3 Å². The number of hydrogen-bond acceptors (Lipinski definition) is 7. The average molecular weight is 455 g/mol. The molecule has 0 unspecified atom stereocenters. The first-order chi connectivity index (χ1) is 16.5. The lowest BCUT2D eigenvalue weighted by Crippen LogP contribution is -2.50. The molecule has 2 amide bonds. The summed E-state index contributed by atoms with van der Waals surface area (Å²) in [5.74, 6) is -0.835. The van der Waals surface area contributed by atoms with Gasteiger partial charge in [-0.15, -0.1) is 0 Å². The Labute approximate surface area is 195 Å². The quantitative estimate of drug-likeness (QED) is 0.498. The van der Waals surface area contributed by atoms with Crippen LogP contribution in [0.3, 0.4) is 0 Å². The maximum Gasteiger partial charge on any atom is 0.274 e. The van der Waals surface area contributed by atoms with E-state index in [0.717, 1.165) is 0 Å². The molecule has 1 saturated heterocycles. The van der Waals surface area contributed by atoms with Crippen LogP contribution in [0.5, 0.6) is 0 Å². The van der Waals surface area contributed by atoms with Crippen LogP contribution >= 0.6 is 0 Å². The number of piperazine rings is 1. The second kappa shape index (κ2) is 8.95. The van der Waals surface area contributed by atoms with E-state index in [9.17, 15) is 19.2 Å². The van der Waals surface area contributed by atoms with Crippen LogP contribution in [-0.2, 0) is 4.79 Å². The number of hydrogen-bond donors (Lipinski definition) is 1. The minimum atomic E-state index is -0.233. The highest BCUT2D eigenvalue weighted by atomic mass is 16.2. The number of benzene rings is 2. The van der Waals surface area contributed by atoms with Gasteiger partial charge in [-0.25, -0.2) is 4.98 Å². The summed E-state index contributed by atoms with van der Waals surface area (Å²) < 4.78 is 0. The maximum absolute atomic E-state index is 12.9. The lowest BCUT2D eigenvalue weighted by molar-refractivity contribution is -0.117. The number of aromatic nitrogens is 2. The van der Waals surface area contributed by atoms with Gasteiger partial charge in [-0.2, -0.15) is 0 Å². The molecule has 0 saturated carbocycles. The average Bonchev–Trinajstić information content (AvgIpc) is 2.88. The number of carbonyl (C=O) groups is 4. The summed E-state index contributed by atoms with van der Waals surface area (Å²) in [6, 6.07) is 11.5. The van der Waals surface area contributed by atoms with Gasteiger partial charge >= 0.3 is 0 Å². The second-order valence-electron chi connectivity index (χ2n) is 8.17. The molecule has 2 aromatic carbocycles. The van der Waals surface area contributed by atoms with Gasteiger partial charge in [0.25, 0.3) is 5.91 Å². The Hall–Kier alpha value is -4.24. The van der Waals surface area contributed by atoms with Crippen molar-refractivity contribution in [2.45, 2.75) is 0 Å². The topological polar surface area (TPSA) is 113 Å². The van der Waals surface area contributed by atoms with Crippen LogP contribution in [0.15, 0.2) is 61.1 Å². The first-order valence-electron chi connectivity index (χ1n) is 10.9. The van der Waals surface area contributed by atoms with Gasteiger partial charge in [-0.05, 0) is 18.2 Å². The maximum atomic E-state index is 12.9. The fourth-order valence-electron chi connectivity index (χ4n) is 4.26. The third kappa shape index (κ3) is 4.08. The zero-order valence-corrected chi connectivity index (χ0v) is 18.2. The third-order valence-corrected chi connectivity index (χ3v) is 6.02. The van der Waals surface area contributed by atoms with Crippen LogP contribution in [0.2, 0.25) is 0 Å². The molecule has 1 N–H and O–H groups in total. The van der Waals surface area contributed by atoms with E-state index in [1.54, 1.807) is 47.4 Å². The summed E-state index contributed by atoms with van der Waals surface area (Å²) >= 11 is 0. The van der Waals surface area contributed by atoms with Gasteiger partial charge < -0.3 is 10.2 Å². The number of fused-ring (bicyclic) bond motifs is 2. The smallest absolute Gasteiger partial charge is 0.274 e. The van der Waals surface area contributed by atoms with Crippen molar-refractivity contribution in [2.24, 2.45) is 0 Å². The number of carbonyl (C=O) groups excluding carboxylic acids is 4. The molecule has 1 aromatic heterocycles. The molecule has 5 rings (SSSR count). The van der Waals surface area contributed by atoms with Crippen molar-refractivity contribution >= 4 is 29.1 Å². The molecule has 34 heavy (non-hydrogen) atoms. The fourth-order valence-corrected chi connectivity index (χ4v) is 4.26. The largest absolute Gasteiger partial charge is 0.335 e. The lowest BCUT2D eigenvalue weighted by atomic mass is 9.84. The number of amides is 2. The summed E-state index contributed by atoms with van der Waals surface area (Å²) in [7, 11) is 0. The van der Waals surface area contributed by atoms with E-state index < -0.39 is 0 Å². The van der Waals surface area contributed by atoms with E-state index >= 15 is 0 Å². The van der Waals surface area contributed by atoms with Gasteiger partial charge in [0.1, 0.15) is 5.69 Å². The van der Waals surface area contributed by atoms with Crippen molar-refractivity contribution in [2.75, 3.05) is 38.0 Å². The molecule has 0 bridgehead atoms. The van der Waals surface area contributed by atoms with E-state index in [-0.39, 0.29) is 35.5 Å². The van der Waals surface area contributed by atoms with Crippen LogP contribution in [0, 0.1) is 0 Å². The molecule has 0 spiro atoms. The van der Waals surface area contributed by atoms with Gasteiger partial charge in [0.15, 0.2) is 11.6 Å². The zero-order chi connectivity index (χ0) is 23.7. The summed E-state index contributed by atoms with van der Waals surface area (Å²) in [5.41, 5.74) is 2.16. The zero-order valence-electron chi connectivity index (χ0n) is 18.2. The molecule has 1 aliphatic heterocycles. The van der Waals surface area contributed by atoms with Crippen LogP contribution in [0.25, 0.3) is 0 Å². The van der Waals surface area contributed by atoms with E-state index in [1.807, 2.05) is 4.90 Å². The highest BCUT2D eigenvalue weighted by Gasteiger charge is 2.30. The number of ketones is 2. The van der Waals surface area contributed by atoms with Gasteiger partial charge in [0.2, 0.25) is 5.91 Å². The van der Waals surface area contributed by atoms with Crippen LogP contribution in [-0.4, -0.2) is 75.9 Å². The van der Waals surface area contributed by atoms with Crippen molar-refractivity contribution in [3.05, 3.63) is 89.0 Å². The Morgan fingerprint density at radius 1 is 0.853 bits per heavy atom. The molecule has 0 radical (unpaired) electrons. The number of rotatable bonds is 4. The number of nitrogens with zero attached hydrogens (tertiary/aromatic N) is 4. The second-order valence-corrected chi connectivity index (χ2v) is 8.17. The Balaban J connectivity index is 1.20. The molecule has 9 heteroatoms. The van der Waals surface area contributed by atoms with Crippen LogP contribution in [0.4, 0.5) is 5.69 Å². The van der Waals surface area contributed by atoms with Crippen LogP contribution < -0.4 is 5.32 Å². The van der Waals surface area contributed by atoms with Gasteiger partial charge in [0.05, 0.1) is 12.7 Å². The highest BCUT2D eigenvalue weighted by Crippen LogP contribution is 2.29. The first-order valence-corrected chi connectivity index (χ1v) is 10.9. The Morgan fingerprint density at radius 2 is 1.53 bits per heavy atom. The molecule has 1 aliphatic carbocycles. The molecular formula is C25H21N5O4. The normalized spacial score (nSPS) is 15.5. The summed E-state index contributed by atoms with van der Waals surface area (Å²) in [4.78, 5) is 62.4. The summed E-state index contributed by atoms with van der Waals surface area (Å²) in [6.45, 7) is 2.22. The molecular weight excluding hydrogens is 434 g/mol. The first kappa shape index (κ1) is 21.6. The molecule has 1 fully saturated rings. The van der Waals surface area contributed by atoms with E-state index in [1.165, 1.54) is 18.6 Å². The van der Waals surface area contributed by atoms with Crippen molar-refractivity contribution < 1.29 is 19.2 Å². The molecule has 170 valence electrons. The number of nitrogens with one attached hydrogen (secondary N) is 1. The summed E-state index contributed by atoms with van der Waals surface area (Å²) in [6.07, 6.45) is 4.44. The van der Waals surface area contributed by atoms with Gasteiger partial charge in [-0.3, -0.25) is 29.1 Å². The lowest BCUT2D eigenvalue weighted by Gasteiger charge is -2.34. The molecule has 0 atom stereocenters. The molecule has 9 nitrogen and oxygen atoms in total. The van der Waals surface area contributed by atoms with Crippen molar-refractivity contribution in [1.29, 1.82) is 0 Å². The van der Waals surface area contributed by atoms with Crippen molar-refractivity contribution in [3.63, 3.8) is 0 Å². The van der Waals surface area contributed by atoms with Crippen molar-refractivity contribution in [1.82, 2.24) is 19.8 Å². The van der Waals surface area contributed by atoms with Gasteiger partial charge in [0, 0.05) is 66.5 Å². The fraction of sp³-hybridized carbons (Fsp3) is 0.200. The minimum absolute atomic E-state index is 0.153. The van der Waals surface area contributed by atoms with E-state index in [4.69, 9.17) is 0 Å². The molecule has 2 aliphatic rings. The Kier molecular flexibility index (Phi) is 5.69. The molecule has 2 heterocycles. The standard InChI is InChI=1S/C25H21N5O4/c31-22(15-29-9-11-30(12-10-29)25(34)21-14-26-7-8-27-21)28-16-5-6-19-20(13-16)24(33)18-4-2-1-3-17(18)23(19)32/h1-8,13-14H,9-12,15H2,(H,28,31). The number of anilines is 1. The van der Waals surface area contributed by atoms with Crippen molar-refractivity contribution in [3.8, 4) is 0 Å². The Bertz CT molecular complexity index is 1300. The summed E-state index contributed by atoms with van der Waals surface area (Å²) in [5, 5.41) is 2.82. The van der Waals surface area contributed by atoms with Gasteiger partial charge in [-0.1, -0.05) is 24.3 Å². The monoisotopic (exact) mass is 455 g/mol. The third-order valence-electron chi connectivity index (χ3n) is 6.02. The predicted octanol–water partition coefficient (Wildman–Crippen LogP) is 1.65. The van der Waals surface area contributed by atoms with E-state index in [2.05, 4.69) is 15.3 Å². The SMILES string of the molecule is O=C(CN1CCN(C(=O)c2cnccn2)CC1)Nc1ccc2c(c1)C(=O)c1ccccc1C2=O.